The van der Waals surface area contributed by atoms with Crippen LogP contribution in [0.3, 0.4) is 0 Å². The SMILES string of the molecule is O=C(O)Cc1cccc(OCCCN(Cc2cccc(C(F)(F)F)c2Cl)CC(c2ccc(F)cc2)c2ccc(F)cc2)c1. The van der Waals surface area contributed by atoms with Gasteiger partial charge >= 0.3 is 12.1 Å². The van der Waals surface area contributed by atoms with E-state index >= 15 is 0 Å². The number of ether oxygens (including phenoxy) is 1. The summed E-state index contributed by atoms with van der Waals surface area (Å²) >= 11 is 6.24. The third kappa shape index (κ3) is 9.27. The van der Waals surface area contributed by atoms with Crippen LogP contribution in [0.1, 0.15) is 40.2 Å². The quantitative estimate of drug-likeness (QED) is 0.121. The Labute approximate surface area is 251 Å². The molecule has 0 aliphatic carbocycles. The fraction of sp³-hybridized carbons (Fsp3) is 0.242. The standard InChI is InChI=1S/C33H29ClF5NO3/c34-32-25(5-2-7-30(32)33(37,38)39)20-40(16-3-17-43-28-6-1-4-22(18-28)19-31(41)42)21-29(23-8-12-26(35)13-9-23)24-10-14-27(36)15-11-24/h1-2,4-15,18,29H,3,16-17,19-21H2,(H,41,42). The summed E-state index contributed by atoms with van der Waals surface area (Å²) in [4.78, 5) is 13.0. The Morgan fingerprint density at radius 1 is 0.884 bits per heavy atom. The highest BCUT2D eigenvalue weighted by Crippen LogP contribution is 2.37. The molecule has 4 rings (SSSR count). The molecule has 0 amide bonds. The minimum atomic E-state index is -4.62. The van der Waals surface area contributed by atoms with Crippen molar-refractivity contribution in [2.24, 2.45) is 0 Å². The van der Waals surface area contributed by atoms with Gasteiger partial charge in [-0.3, -0.25) is 9.69 Å². The Morgan fingerprint density at radius 3 is 2.07 bits per heavy atom. The van der Waals surface area contributed by atoms with Crippen molar-refractivity contribution in [1.29, 1.82) is 0 Å². The lowest BCUT2D eigenvalue weighted by Crippen LogP contribution is -2.31. The second-order valence-electron chi connectivity index (χ2n) is 10.1. The first-order valence-electron chi connectivity index (χ1n) is 13.5. The molecule has 0 aliphatic rings. The van der Waals surface area contributed by atoms with Crippen molar-refractivity contribution < 1.29 is 36.6 Å². The summed E-state index contributed by atoms with van der Waals surface area (Å²) in [6.07, 6.45) is -4.29. The summed E-state index contributed by atoms with van der Waals surface area (Å²) in [7, 11) is 0. The van der Waals surface area contributed by atoms with E-state index in [1.165, 1.54) is 30.3 Å². The van der Waals surface area contributed by atoms with Gasteiger partial charge in [-0.1, -0.05) is 60.1 Å². The number of alkyl halides is 3. The van der Waals surface area contributed by atoms with Gasteiger partial charge in [0.1, 0.15) is 17.4 Å². The monoisotopic (exact) mass is 617 g/mol. The zero-order chi connectivity index (χ0) is 31.0. The normalized spacial score (nSPS) is 11.7. The second kappa shape index (κ2) is 14.5. The van der Waals surface area contributed by atoms with Gasteiger partial charge in [0.05, 0.1) is 23.6 Å². The Kier molecular flexibility index (Phi) is 10.8. The molecule has 0 radical (unpaired) electrons. The summed E-state index contributed by atoms with van der Waals surface area (Å²) in [5.74, 6) is -1.66. The minimum absolute atomic E-state index is 0.0791. The summed E-state index contributed by atoms with van der Waals surface area (Å²) in [5.41, 5.74) is 1.45. The molecule has 0 unspecified atom stereocenters. The lowest BCUT2D eigenvalue weighted by atomic mass is 9.90. The molecule has 4 nitrogen and oxygen atoms in total. The van der Waals surface area contributed by atoms with Crippen molar-refractivity contribution in [2.45, 2.75) is 31.5 Å². The summed E-state index contributed by atoms with van der Waals surface area (Å²) < 4.78 is 74.1. The summed E-state index contributed by atoms with van der Waals surface area (Å²) in [6, 6.07) is 22.4. The van der Waals surface area contributed by atoms with E-state index in [9.17, 15) is 26.7 Å². The van der Waals surface area contributed by atoms with Crippen LogP contribution in [0.25, 0.3) is 0 Å². The zero-order valence-corrected chi connectivity index (χ0v) is 23.7. The third-order valence-electron chi connectivity index (χ3n) is 6.90. The van der Waals surface area contributed by atoms with Crippen molar-refractivity contribution in [1.82, 2.24) is 4.90 Å². The van der Waals surface area contributed by atoms with Crippen LogP contribution in [0.4, 0.5) is 22.0 Å². The highest BCUT2D eigenvalue weighted by Gasteiger charge is 2.34. The molecular formula is C33H29ClF5NO3. The highest BCUT2D eigenvalue weighted by atomic mass is 35.5. The molecule has 4 aromatic carbocycles. The number of carbonyl (C=O) groups is 1. The van der Waals surface area contributed by atoms with Crippen LogP contribution >= 0.6 is 11.6 Å². The molecule has 0 fully saturated rings. The maximum absolute atomic E-state index is 13.8. The molecule has 43 heavy (non-hydrogen) atoms. The maximum Gasteiger partial charge on any atom is 0.417 e. The van der Waals surface area contributed by atoms with E-state index in [0.29, 0.717) is 30.8 Å². The van der Waals surface area contributed by atoms with Crippen LogP contribution in [0, 0.1) is 11.6 Å². The van der Waals surface area contributed by atoms with E-state index in [0.717, 1.165) is 17.2 Å². The first kappa shape index (κ1) is 32.0. The van der Waals surface area contributed by atoms with E-state index in [4.69, 9.17) is 21.4 Å². The van der Waals surface area contributed by atoms with Gasteiger partial charge in [0, 0.05) is 25.6 Å². The van der Waals surface area contributed by atoms with E-state index in [1.807, 2.05) is 4.90 Å². The highest BCUT2D eigenvalue weighted by molar-refractivity contribution is 6.32. The minimum Gasteiger partial charge on any atom is -0.494 e. The van der Waals surface area contributed by atoms with E-state index in [-0.39, 0.29) is 36.1 Å². The molecule has 0 saturated carbocycles. The molecule has 0 bridgehead atoms. The molecule has 0 aromatic heterocycles. The topological polar surface area (TPSA) is 49.8 Å². The molecule has 0 saturated heterocycles. The lowest BCUT2D eigenvalue weighted by molar-refractivity contribution is -0.138. The number of carboxylic acid groups (broad SMARTS) is 1. The van der Waals surface area contributed by atoms with Crippen molar-refractivity contribution in [3.63, 3.8) is 0 Å². The number of carboxylic acids is 1. The number of rotatable bonds is 13. The Morgan fingerprint density at radius 2 is 1.49 bits per heavy atom. The van der Waals surface area contributed by atoms with E-state index < -0.39 is 29.3 Å². The van der Waals surface area contributed by atoms with Gasteiger partial charge in [-0.2, -0.15) is 13.2 Å². The predicted molar refractivity (Wildman–Crippen MR) is 154 cm³/mol. The van der Waals surface area contributed by atoms with Gasteiger partial charge in [-0.25, -0.2) is 8.78 Å². The molecule has 226 valence electrons. The predicted octanol–water partition coefficient (Wildman–Crippen LogP) is 8.37. The maximum atomic E-state index is 13.8. The van der Waals surface area contributed by atoms with Crippen molar-refractivity contribution in [2.75, 3.05) is 19.7 Å². The average Bonchev–Trinajstić information content (AvgIpc) is 2.95. The molecule has 0 heterocycles. The van der Waals surface area contributed by atoms with Crippen LogP contribution in [-0.4, -0.2) is 35.7 Å². The lowest BCUT2D eigenvalue weighted by Gasteiger charge is -2.29. The third-order valence-corrected chi connectivity index (χ3v) is 7.35. The molecule has 10 heteroatoms. The largest absolute Gasteiger partial charge is 0.494 e. The molecule has 0 aliphatic heterocycles. The van der Waals surface area contributed by atoms with Gasteiger partial charge in [0.2, 0.25) is 0 Å². The van der Waals surface area contributed by atoms with Crippen molar-refractivity contribution in [3.05, 3.63) is 135 Å². The van der Waals surface area contributed by atoms with Gasteiger partial charge < -0.3 is 9.84 Å². The average molecular weight is 618 g/mol. The van der Waals surface area contributed by atoms with Gasteiger partial charge in [-0.15, -0.1) is 0 Å². The van der Waals surface area contributed by atoms with E-state index in [1.54, 1.807) is 54.6 Å². The fourth-order valence-corrected chi connectivity index (χ4v) is 5.14. The zero-order valence-electron chi connectivity index (χ0n) is 23.0. The van der Waals surface area contributed by atoms with Crippen LogP contribution < -0.4 is 4.74 Å². The Bertz CT molecular complexity index is 1470. The molecule has 0 atom stereocenters. The van der Waals surface area contributed by atoms with Crippen LogP contribution in [-0.2, 0) is 23.9 Å². The second-order valence-corrected chi connectivity index (χ2v) is 10.5. The summed E-state index contributed by atoms with van der Waals surface area (Å²) in [5, 5.41) is 8.66. The molecule has 0 spiro atoms. The smallest absolute Gasteiger partial charge is 0.417 e. The van der Waals surface area contributed by atoms with Crippen molar-refractivity contribution in [3.8, 4) is 5.75 Å². The van der Waals surface area contributed by atoms with Gasteiger partial charge in [0.15, 0.2) is 0 Å². The number of benzene rings is 4. The van der Waals surface area contributed by atoms with Crippen LogP contribution in [0.15, 0.2) is 91.0 Å². The molecule has 4 aromatic rings. The number of hydrogen-bond acceptors (Lipinski definition) is 3. The number of nitrogens with zero attached hydrogens (tertiary/aromatic N) is 1. The number of hydrogen-bond donors (Lipinski definition) is 1. The molecular weight excluding hydrogens is 589 g/mol. The number of aliphatic carboxylic acids is 1. The number of halogens is 6. The van der Waals surface area contributed by atoms with Crippen LogP contribution in [0.2, 0.25) is 5.02 Å². The first-order valence-corrected chi connectivity index (χ1v) is 13.9. The van der Waals surface area contributed by atoms with Gasteiger partial charge in [0.25, 0.3) is 0 Å². The van der Waals surface area contributed by atoms with Crippen molar-refractivity contribution >= 4 is 17.6 Å². The fourth-order valence-electron chi connectivity index (χ4n) is 4.85. The molecule has 1 N–H and O–H groups in total. The van der Waals surface area contributed by atoms with Gasteiger partial charge in [-0.05, 0) is 71.1 Å². The Hall–Kier alpha value is -3.95. The van der Waals surface area contributed by atoms with E-state index in [2.05, 4.69) is 0 Å². The van der Waals surface area contributed by atoms with Crippen LogP contribution in [0.5, 0.6) is 5.75 Å². The summed E-state index contributed by atoms with van der Waals surface area (Å²) in [6.45, 7) is 1.02. The Balaban J connectivity index is 1.58. The first-order chi connectivity index (χ1) is 20.5.